The number of ketones is 1. The van der Waals surface area contributed by atoms with Gasteiger partial charge in [-0.25, -0.2) is 4.79 Å². The summed E-state index contributed by atoms with van der Waals surface area (Å²) >= 11 is 2.79. The maximum Gasteiger partial charge on any atom is 0.341 e. The van der Waals surface area contributed by atoms with Gasteiger partial charge in [0.05, 0.1) is 10.4 Å². The number of ether oxygens (including phenoxy) is 1. The molecule has 0 saturated heterocycles. The molecule has 0 atom stereocenters. The molecular weight excluding hydrogens is 370 g/mol. The van der Waals surface area contributed by atoms with Gasteiger partial charge in [-0.2, -0.15) is 0 Å². The number of thiophene rings is 2. The fraction of sp³-hybridized carbons (Fsp3) is 0.421. The van der Waals surface area contributed by atoms with Crippen LogP contribution in [-0.2, 0) is 16.0 Å². The van der Waals surface area contributed by atoms with E-state index in [1.807, 2.05) is 26.8 Å². The van der Waals surface area contributed by atoms with Gasteiger partial charge in [0.1, 0.15) is 5.00 Å². The minimum absolute atomic E-state index is 0.0507. The first-order chi connectivity index (χ1) is 12.4. The van der Waals surface area contributed by atoms with Crippen molar-refractivity contribution in [2.24, 2.45) is 5.92 Å². The average molecular weight is 392 g/mol. The second-order valence-corrected chi connectivity index (χ2v) is 8.76. The van der Waals surface area contributed by atoms with Crippen LogP contribution in [0.5, 0.6) is 0 Å². The number of esters is 1. The Balaban J connectivity index is 1.68. The van der Waals surface area contributed by atoms with Crippen molar-refractivity contribution in [3.63, 3.8) is 0 Å². The molecule has 1 N–H and O–H groups in total. The third-order valence-electron chi connectivity index (χ3n) is 4.39. The molecule has 26 heavy (non-hydrogen) atoms. The molecule has 138 valence electrons. The van der Waals surface area contributed by atoms with Crippen molar-refractivity contribution in [1.29, 1.82) is 0 Å². The maximum atomic E-state index is 12.5. The summed E-state index contributed by atoms with van der Waals surface area (Å²) in [6, 6.07) is 3.68. The number of hydrogen-bond acceptors (Lipinski definition) is 6. The number of amides is 1. The molecule has 2 heterocycles. The SMILES string of the molecule is CCc1ccc(C(=O)COC(=O)c2c(NC(=O)C3CC3)sc(C)c2C)s1. The number of rotatable bonds is 7. The van der Waals surface area contributed by atoms with Crippen molar-refractivity contribution in [2.75, 3.05) is 11.9 Å². The zero-order valence-electron chi connectivity index (χ0n) is 15.0. The van der Waals surface area contributed by atoms with Crippen molar-refractivity contribution in [3.8, 4) is 0 Å². The Morgan fingerprint density at radius 1 is 1.19 bits per heavy atom. The van der Waals surface area contributed by atoms with E-state index in [-0.39, 0.29) is 24.2 Å². The van der Waals surface area contributed by atoms with Crippen LogP contribution in [0.4, 0.5) is 5.00 Å². The quantitative estimate of drug-likeness (QED) is 0.562. The summed E-state index contributed by atoms with van der Waals surface area (Å²) in [5.74, 6) is -0.786. The maximum absolute atomic E-state index is 12.5. The number of carbonyl (C=O) groups is 3. The van der Waals surface area contributed by atoms with E-state index in [1.165, 1.54) is 22.7 Å². The molecule has 0 aliphatic heterocycles. The van der Waals surface area contributed by atoms with E-state index in [0.29, 0.717) is 15.4 Å². The Bertz CT molecular complexity index is 861. The highest BCUT2D eigenvalue weighted by molar-refractivity contribution is 7.16. The molecule has 1 amide bonds. The largest absolute Gasteiger partial charge is 0.454 e. The van der Waals surface area contributed by atoms with Crippen LogP contribution in [0.25, 0.3) is 0 Å². The van der Waals surface area contributed by atoms with Gasteiger partial charge in [0, 0.05) is 15.7 Å². The number of anilines is 1. The Labute approximate surface area is 160 Å². The second-order valence-electron chi connectivity index (χ2n) is 6.37. The van der Waals surface area contributed by atoms with Crippen LogP contribution in [0.2, 0.25) is 0 Å². The molecule has 0 radical (unpaired) electrons. The molecule has 0 unspecified atom stereocenters. The number of carbonyl (C=O) groups excluding carboxylic acids is 3. The van der Waals surface area contributed by atoms with Gasteiger partial charge < -0.3 is 10.1 Å². The van der Waals surface area contributed by atoms with E-state index >= 15 is 0 Å². The van der Waals surface area contributed by atoms with Crippen LogP contribution in [-0.4, -0.2) is 24.3 Å². The average Bonchev–Trinajstić information content (AvgIpc) is 3.29. The lowest BCUT2D eigenvalue weighted by molar-refractivity contribution is -0.117. The van der Waals surface area contributed by atoms with E-state index in [9.17, 15) is 14.4 Å². The van der Waals surface area contributed by atoms with Crippen molar-refractivity contribution in [3.05, 3.63) is 37.9 Å². The van der Waals surface area contributed by atoms with E-state index < -0.39 is 5.97 Å². The highest BCUT2D eigenvalue weighted by atomic mass is 32.1. The van der Waals surface area contributed by atoms with Gasteiger partial charge in [-0.15, -0.1) is 22.7 Å². The minimum Gasteiger partial charge on any atom is -0.454 e. The van der Waals surface area contributed by atoms with E-state index in [4.69, 9.17) is 4.74 Å². The zero-order valence-corrected chi connectivity index (χ0v) is 16.6. The molecule has 2 aromatic rings. The van der Waals surface area contributed by atoms with Gasteiger partial charge in [-0.1, -0.05) is 6.92 Å². The van der Waals surface area contributed by atoms with Crippen molar-refractivity contribution in [2.45, 2.75) is 40.0 Å². The Kier molecular flexibility index (Phi) is 5.58. The number of aryl methyl sites for hydroxylation is 2. The van der Waals surface area contributed by atoms with Crippen LogP contribution in [0.15, 0.2) is 12.1 Å². The highest BCUT2D eigenvalue weighted by Gasteiger charge is 2.31. The number of nitrogens with one attached hydrogen (secondary N) is 1. The lowest BCUT2D eigenvalue weighted by Crippen LogP contribution is -2.18. The molecule has 0 aromatic carbocycles. The molecule has 0 spiro atoms. The summed E-state index contributed by atoms with van der Waals surface area (Å²) in [7, 11) is 0. The first-order valence-electron chi connectivity index (χ1n) is 8.60. The molecule has 1 saturated carbocycles. The molecule has 2 aromatic heterocycles. The van der Waals surface area contributed by atoms with Crippen LogP contribution in [0, 0.1) is 19.8 Å². The first-order valence-corrected chi connectivity index (χ1v) is 10.2. The molecule has 1 aliphatic carbocycles. The Morgan fingerprint density at radius 3 is 2.54 bits per heavy atom. The number of Topliss-reactive ketones (excluding diaryl/α,β-unsaturated/α-hetero) is 1. The van der Waals surface area contributed by atoms with E-state index in [2.05, 4.69) is 5.32 Å². The third kappa shape index (κ3) is 4.04. The summed E-state index contributed by atoms with van der Waals surface area (Å²) in [5.41, 5.74) is 1.14. The molecule has 1 fully saturated rings. The van der Waals surface area contributed by atoms with Crippen molar-refractivity contribution >= 4 is 45.3 Å². The van der Waals surface area contributed by atoms with Gasteiger partial charge in [0.15, 0.2) is 6.61 Å². The van der Waals surface area contributed by atoms with Gasteiger partial charge in [-0.05, 0) is 50.8 Å². The predicted molar refractivity (Wildman–Crippen MR) is 103 cm³/mol. The zero-order chi connectivity index (χ0) is 18.8. The summed E-state index contributed by atoms with van der Waals surface area (Å²) in [5, 5.41) is 3.35. The van der Waals surface area contributed by atoms with Gasteiger partial charge >= 0.3 is 5.97 Å². The fourth-order valence-corrected chi connectivity index (χ4v) is 4.44. The lowest BCUT2D eigenvalue weighted by Gasteiger charge is -2.07. The summed E-state index contributed by atoms with van der Waals surface area (Å²) in [6.45, 7) is 5.45. The Hall–Kier alpha value is -1.99. The van der Waals surface area contributed by atoms with Crippen LogP contribution in [0.3, 0.4) is 0 Å². The molecule has 7 heteroatoms. The van der Waals surface area contributed by atoms with Crippen LogP contribution in [0.1, 0.15) is 55.1 Å². The predicted octanol–water partition coefficient (Wildman–Crippen LogP) is 4.38. The normalized spacial score (nSPS) is 13.5. The van der Waals surface area contributed by atoms with Crippen LogP contribution >= 0.6 is 22.7 Å². The smallest absolute Gasteiger partial charge is 0.341 e. The first kappa shape index (κ1) is 18.8. The second kappa shape index (κ2) is 7.72. The van der Waals surface area contributed by atoms with E-state index in [1.54, 1.807) is 6.07 Å². The van der Waals surface area contributed by atoms with Crippen molar-refractivity contribution < 1.29 is 19.1 Å². The molecule has 0 bridgehead atoms. The number of hydrogen-bond donors (Lipinski definition) is 1. The van der Waals surface area contributed by atoms with Gasteiger partial charge in [0.2, 0.25) is 11.7 Å². The van der Waals surface area contributed by atoms with E-state index in [0.717, 1.165) is 34.6 Å². The standard InChI is InChI=1S/C19H21NO4S2/c1-4-13-7-8-15(26-13)14(21)9-24-19(23)16-10(2)11(3)25-18(16)20-17(22)12-5-6-12/h7-8,12H,4-6,9H2,1-3H3,(H,20,22). The summed E-state index contributed by atoms with van der Waals surface area (Å²) in [4.78, 5) is 39.5. The minimum atomic E-state index is -0.571. The summed E-state index contributed by atoms with van der Waals surface area (Å²) < 4.78 is 5.25. The van der Waals surface area contributed by atoms with Gasteiger partial charge in [0.25, 0.3) is 0 Å². The Morgan fingerprint density at radius 2 is 1.92 bits per heavy atom. The summed E-state index contributed by atoms with van der Waals surface area (Å²) in [6.07, 6.45) is 2.66. The third-order valence-corrected chi connectivity index (χ3v) is 6.79. The van der Waals surface area contributed by atoms with Gasteiger partial charge in [-0.3, -0.25) is 9.59 Å². The monoisotopic (exact) mass is 391 g/mol. The van der Waals surface area contributed by atoms with Crippen molar-refractivity contribution in [1.82, 2.24) is 0 Å². The highest BCUT2D eigenvalue weighted by Crippen LogP contribution is 2.36. The topological polar surface area (TPSA) is 72.5 Å². The molecule has 1 aliphatic rings. The lowest BCUT2D eigenvalue weighted by atomic mass is 10.1. The molecular formula is C19H21NO4S2. The molecule has 3 rings (SSSR count). The van der Waals surface area contributed by atoms with Crippen LogP contribution < -0.4 is 5.32 Å². The fourth-order valence-electron chi connectivity index (χ4n) is 2.51. The molecule has 5 nitrogen and oxygen atoms in total.